The molecule has 1 aliphatic carbocycles. The largest absolute Gasteiger partial charge is 0.390 e. The number of aliphatic hydroxyl groups excluding tert-OH is 2. The van der Waals surface area contributed by atoms with E-state index in [9.17, 15) is 18.6 Å². The van der Waals surface area contributed by atoms with Crippen molar-refractivity contribution < 1.29 is 18.6 Å². The molecule has 0 aliphatic heterocycles. The SMILES string of the molecule is Cc1nc(N)nc(N[C@@H]2C[C@H](C(C)(C)S(C)(=O)=O)[C@@H](O)[C@H]2O)c1-c1nc2c(C)nccc2s1. The number of sulfone groups is 1. The molecule has 3 heterocycles. The minimum atomic E-state index is -3.48. The van der Waals surface area contributed by atoms with Crippen molar-refractivity contribution in [3.8, 4) is 10.6 Å². The van der Waals surface area contributed by atoms with Gasteiger partial charge in [-0.2, -0.15) is 4.98 Å². The van der Waals surface area contributed by atoms with Crippen molar-refractivity contribution in [3.05, 3.63) is 23.7 Å². The number of fused-ring (bicyclic) bond motifs is 1. The predicted molar refractivity (Wildman–Crippen MR) is 129 cm³/mol. The summed E-state index contributed by atoms with van der Waals surface area (Å²) in [4.78, 5) is 17.7. The lowest BCUT2D eigenvalue weighted by Gasteiger charge is -2.32. The fraction of sp³-hybridized carbons (Fsp3) is 0.524. The zero-order chi connectivity index (χ0) is 24.3. The molecule has 0 radical (unpaired) electrons. The normalized spacial score (nSPS) is 23.8. The molecule has 33 heavy (non-hydrogen) atoms. The van der Waals surface area contributed by atoms with Crippen LogP contribution in [0.4, 0.5) is 11.8 Å². The van der Waals surface area contributed by atoms with E-state index in [1.807, 2.05) is 13.0 Å². The first-order chi connectivity index (χ1) is 15.3. The van der Waals surface area contributed by atoms with E-state index in [2.05, 4.69) is 20.3 Å². The van der Waals surface area contributed by atoms with Crippen LogP contribution in [0, 0.1) is 19.8 Å². The molecule has 0 bridgehead atoms. The first-order valence-corrected chi connectivity index (χ1v) is 13.2. The standard InChI is InChI=1S/C21H28N6O4S2/c1-9-14(19-26-15-10(2)23-7-6-13(15)32-19)18(27-20(22)24-9)25-12-8-11(16(28)17(12)29)21(3,4)33(5,30)31/h6-7,11-12,16-17,28-29H,8H2,1-5H3,(H3,22,24,25,27)/t11-,12+,16+,17-/m0/s1. The van der Waals surface area contributed by atoms with E-state index in [4.69, 9.17) is 10.7 Å². The maximum Gasteiger partial charge on any atom is 0.222 e. The van der Waals surface area contributed by atoms with E-state index < -0.39 is 38.8 Å². The van der Waals surface area contributed by atoms with Gasteiger partial charge in [0, 0.05) is 18.4 Å². The number of nitrogens with two attached hydrogens (primary N) is 1. The van der Waals surface area contributed by atoms with E-state index in [0.29, 0.717) is 22.1 Å². The van der Waals surface area contributed by atoms with Gasteiger partial charge in [0.25, 0.3) is 0 Å². The van der Waals surface area contributed by atoms with Gasteiger partial charge in [-0.1, -0.05) is 0 Å². The van der Waals surface area contributed by atoms with Crippen molar-refractivity contribution in [2.45, 2.75) is 57.1 Å². The van der Waals surface area contributed by atoms with Gasteiger partial charge in [-0.25, -0.2) is 18.4 Å². The number of nitrogens with zero attached hydrogens (tertiary/aromatic N) is 4. The second kappa shape index (κ2) is 8.12. The summed E-state index contributed by atoms with van der Waals surface area (Å²) in [5, 5.41) is 25.3. The summed E-state index contributed by atoms with van der Waals surface area (Å²) in [6, 6.07) is 1.25. The Hall–Kier alpha value is -2.41. The van der Waals surface area contributed by atoms with Crippen LogP contribution in [0.1, 0.15) is 31.7 Å². The third-order valence-corrected chi connectivity index (χ3v) is 9.92. The number of hydrogen-bond donors (Lipinski definition) is 4. The predicted octanol–water partition coefficient (Wildman–Crippen LogP) is 1.69. The molecule has 1 saturated carbocycles. The average molecular weight is 493 g/mol. The van der Waals surface area contributed by atoms with Gasteiger partial charge >= 0.3 is 0 Å². The lowest BCUT2D eigenvalue weighted by molar-refractivity contribution is 0.0106. The Morgan fingerprint density at radius 1 is 1.15 bits per heavy atom. The van der Waals surface area contributed by atoms with Gasteiger partial charge < -0.3 is 21.3 Å². The Bertz CT molecular complexity index is 1320. The van der Waals surface area contributed by atoms with E-state index in [1.54, 1.807) is 27.0 Å². The second-order valence-corrected chi connectivity index (χ2v) is 12.7. The summed E-state index contributed by atoms with van der Waals surface area (Å²) in [5.41, 5.74) is 8.75. The molecule has 4 atom stereocenters. The number of aromatic nitrogens is 4. The molecule has 10 nitrogen and oxygen atoms in total. The smallest absolute Gasteiger partial charge is 0.222 e. The van der Waals surface area contributed by atoms with Gasteiger partial charge in [0.2, 0.25) is 5.95 Å². The molecule has 0 saturated heterocycles. The minimum absolute atomic E-state index is 0.0544. The molecule has 12 heteroatoms. The number of hydrogen-bond acceptors (Lipinski definition) is 11. The van der Waals surface area contributed by atoms with Crippen molar-refractivity contribution in [2.24, 2.45) is 5.92 Å². The summed E-state index contributed by atoms with van der Waals surface area (Å²) < 4.78 is 24.4. The van der Waals surface area contributed by atoms with Crippen LogP contribution in [0.15, 0.2) is 12.3 Å². The third kappa shape index (κ3) is 4.05. The Morgan fingerprint density at radius 2 is 1.85 bits per heavy atom. The van der Waals surface area contributed by atoms with Gasteiger partial charge in [-0.3, -0.25) is 4.98 Å². The Morgan fingerprint density at radius 3 is 2.48 bits per heavy atom. The monoisotopic (exact) mass is 492 g/mol. The topological polar surface area (TPSA) is 164 Å². The summed E-state index contributed by atoms with van der Waals surface area (Å²) >= 11 is 1.46. The first-order valence-electron chi connectivity index (χ1n) is 10.5. The third-order valence-electron chi connectivity index (χ3n) is 6.66. The number of nitrogens with one attached hydrogen (secondary N) is 1. The number of aliphatic hydroxyl groups is 2. The summed E-state index contributed by atoms with van der Waals surface area (Å²) in [6.45, 7) is 6.82. The van der Waals surface area contributed by atoms with Crippen molar-refractivity contribution >= 4 is 43.2 Å². The Labute approximate surface area is 196 Å². The van der Waals surface area contributed by atoms with E-state index >= 15 is 0 Å². The number of aryl methyl sites for hydroxylation is 2. The molecule has 178 valence electrons. The van der Waals surface area contributed by atoms with Crippen molar-refractivity contribution in [1.29, 1.82) is 0 Å². The fourth-order valence-electron chi connectivity index (χ4n) is 4.36. The van der Waals surface area contributed by atoms with Crippen LogP contribution in [0.25, 0.3) is 20.8 Å². The van der Waals surface area contributed by atoms with Crippen LogP contribution in [-0.2, 0) is 9.84 Å². The molecule has 0 aromatic carbocycles. The average Bonchev–Trinajstić information content (AvgIpc) is 3.24. The second-order valence-electron chi connectivity index (χ2n) is 9.10. The quantitative estimate of drug-likeness (QED) is 0.412. The first kappa shape index (κ1) is 23.7. The van der Waals surface area contributed by atoms with Crippen molar-refractivity contribution in [1.82, 2.24) is 19.9 Å². The van der Waals surface area contributed by atoms with Crippen LogP contribution >= 0.6 is 11.3 Å². The van der Waals surface area contributed by atoms with Crippen molar-refractivity contribution in [3.63, 3.8) is 0 Å². The molecule has 3 aromatic heterocycles. The van der Waals surface area contributed by atoms with Gasteiger partial charge in [0.15, 0.2) is 9.84 Å². The highest BCUT2D eigenvalue weighted by Crippen LogP contribution is 2.42. The fourth-order valence-corrected chi connectivity index (χ4v) is 6.26. The lowest BCUT2D eigenvalue weighted by atomic mass is 9.91. The Kier molecular flexibility index (Phi) is 5.84. The molecule has 4 rings (SSSR count). The number of anilines is 2. The number of rotatable bonds is 5. The zero-order valence-corrected chi connectivity index (χ0v) is 20.7. The van der Waals surface area contributed by atoms with Gasteiger partial charge in [-0.05, 0) is 40.2 Å². The van der Waals surface area contributed by atoms with E-state index in [1.165, 1.54) is 11.3 Å². The number of pyridine rings is 1. The molecule has 5 N–H and O–H groups in total. The van der Waals surface area contributed by atoms with Crippen LogP contribution < -0.4 is 11.1 Å². The highest BCUT2D eigenvalue weighted by molar-refractivity contribution is 7.92. The highest BCUT2D eigenvalue weighted by Gasteiger charge is 2.52. The summed E-state index contributed by atoms with van der Waals surface area (Å²) in [6.07, 6.45) is 0.691. The van der Waals surface area contributed by atoms with Crippen LogP contribution in [-0.4, -0.2) is 67.8 Å². The van der Waals surface area contributed by atoms with Crippen LogP contribution in [0.5, 0.6) is 0 Å². The molecule has 0 spiro atoms. The van der Waals surface area contributed by atoms with Crippen LogP contribution in [0.3, 0.4) is 0 Å². The molecular weight excluding hydrogens is 464 g/mol. The summed E-state index contributed by atoms with van der Waals surface area (Å²) in [5.74, 6) is -0.239. The number of thiazole rings is 1. The van der Waals surface area contributed by atoms with Crippen LogP contribution in [0.2, 0.25) is 0 Å². The van der Waals surface area contributed by atoms with E-state index in [0.717, 1.165) is 22.2 Å². The molecule has 3 aromatic rings. The minimum Gasteiger partial charge on any atom is -0.390 e. The van der Waals surface area contributed by atoms with Gasteiger partial charge in [0.05, 0.1) is 38.5 Å². The lowest BCUT2D eigenvalue weighted by Crippen LogP contribution is -2.45. The highest BCUT2D eigenvalue weighted by atomic mass is 32.2. The molecule has 1 aliphatic rings. The molecule has 1 fully saturated rings. The summed E-state index contributed by atoms with van der Waals surface area (Å²) in [7, 11) is -3.48. The maximum absolute atomic E-state index is 12.3. The molecular formula is C21H28N6O4S2. The van der Waals surface area contributed by atoms with Crippen molar-refractivity contribution in [2.75, 3.05) is 17.3 Å². The number of nitrogen functional groups attached to an aromatic ring is 1. The zero-order valence-electron chi connectivity index (χ0n) is 19.1. The van der Waals surface area contributed by atoms with Gasteiger partial charge in [-0.15, -0.1) is 11.3 Å². The maximum atomic E-state index is 12.3. The Balaban J connectivity index is 1.74. The molecule has 0 amide bonds. The molecule has 0 unspecified atom stereocenters. The van der Waals surface area contributed by atoms with Gasteiger partial charge in [0.1, 0.15) is 22.4 Å². The van der Waals surface area contributed by atoms with E-state index in [-0.39, 0.29) is 12.4 Å².